The Morgan fingerprint density at radius 2 is 2.00 bits per heavy atom. The van der Waals surface area contributed by atoms with Gasteiger partial charge in [0, 0.05) is 22.9 Å². The topological polar surface area (TPSA) is 74.5 Å². The van der Waals surface area contributed by atoms with Gasteiger partial charge in [0.25, 0.3) is 0 Å². The molecule has 0 amide bonds. The molecule has 1 spiro atoms. The smallest absolute Gasteiger partial charge is 0.341 e. The maximum absolute atomic E-state index is 6.75. The summed E-state index contributed by atoms with van der Waals surface area (Å²) in [5.41, 5.74) is 3.40. The van der Waals surface area contributed by atoms with E-state index < -0.39 is 0 Å². The third-order valence-corrected chi connectivity index (χ3v) is 8.02. The van der Waals surface area contributed by atoms with E-state index in [1.165, 1.54) is 11.1 Å². The number of likely N-dealkylation sites (N-methyl/N-ethyl adjacent to an activating group) is 1. The molecule has 0 radical (unpaired) electrons. The van der Waals surface area contributed by atoms with Gasteiger partial charge in [-0.25, -0.2) is 0 Å². The zero-order chi connectivity index (χ0) is 22.2. The quantitative estimate of drug-likeness (QED) is 0.574. The Bertz CT molecular complexity index is 1260. The van der Waals surface area contributed by atoms with Crippen LogP contribution in [0.1, 0.15) is 17.5 Å². The molecule has 2 aromatic carbocycles. The molecule has 1 fully saturated rings. The predicted octanol–water partition coefficient (Wildman–Crippen LogP) is 2.56. The predicted molar refractivity (Wildman–Crippen MR) is 120 cm³/mol. The number of piperidine rings is 1. The minimum Gasteiger partial charge on any atom is -0.493 e. The molecule has 3 heterocycles. The lowest BCUT2D eigenvalue weighted by Crippen LogP contribution is -2.65. The Labute approximate surface area is 191 Å². The number of methoxy groups -OCH3 is 1. The lowest BCUT2D eigenvalue weighted by molar-refractivity contribution is -0.0406. The summed E-state index contributed by atoms with van der Waals surface area (Å²) in [4.78, 5) is 2.50. The minimum absolute atomic E-state index is 0.140. The number of nitrogens with zero attached hydrogens (tertiary/aromatic N) is 5. The van der Waals surface area contributed by atoms with Crippen LogP contribution >= 0.6 is 0 Å². The van der Waals surface area contributed by atoms with Gasteiger partial charge in [-0.15, -0.1) is 0 Å². The SMILES string of the molecule is COc1ccc2c3c1O[C@H]1[C@@H](Oc4nnnn4-c4ccccc4)C=C[C@H]4[C@@H](C2)N(C)CC[C@@]341. The molecule has 1 aromatic heterocycles. The molecular formula is C25H25N5O3. The number of para-hydroxylation sites is 1. The fraction of sp³-hybridized carbons (Fsp3) is 0.400. The Hall–Kier alpha value is -3.39. The highest BCUT2D eigenvalue weighted by Crippen LogP contribution is 2.62. The molecule has 33 heavy (non-hydrogen) atoms. The Balaban J connectivity index is 1.33. The van der Waals surface area contributed by atoms with E-state index in [1.807, 2.05) is 36.4 Å². The third kappa shape index (κ3) is 2.47. The standard InChI is InChI=1S/C25H25N5O3/c1-29-13-12-25-17-9-11-20(32-24-26-27-28-30(24)16-6-4-3-5-7-16)23(25)33-22-19(31-2)10-8-15(21(22)25)14-18(17)29/h3-11,17-18,20,23H,12-14H2,1-2H3/t17-,18+,20-,23-,25-/m0/s1. The second kappa shape index (κ2) is 6.81. The van der Waals surface area contributed by atoms with Gasteiger partial charge in [-0.3, -0.25) is 0 Å². The van der Waals surface area contributed by atoms with Crippen molar-refractivity contribution in [3.63, 3.8) is 0 Å². The van der Waals surface area contributed by atoms with Gasteiger partial charge >= 0.3 is 6.01 Å². The van der Waals surface area contributed by atoms with Crippen molar-refractivity contribution in [1.29, 1.82) is 0 Å². The molecule has 8 heteroatoms. The monoisotopic (exact) mass is 443 g/mol. The second-order valence-electron chi connectivity index (χ2n) is 9.41. The largest absolute Gasteiger partial charge is 0.493 e. The van der Waals surface area contributed by atoms with Crippen LogP contribution in [0.15, 0.2) is 54.6 Å². The highest BCUT2D eigenvalue weighted by Gasteiger charge is 2.65. The lowest BCUT2D eigenvalue weighted by Gasteiger charge is -2.56. The van der Waals surface area contributed by atoms with Crippen molar-refractivity contribution in [2.24, 2.45) is 5.92 Å². The molecule has 3 aromatic rings. The van der Waals surface area contributed by atoms with Crippen molar-refractivity contribution < 1.29 is 14.2 Å². The van der Waals surface area contributed by atoms with Gasteiger partial charge in [-0.2, -0.15) is 4.68 Å². The fourth-order valence-corrected chi connectivity index (χ4v) is 6.58. The summed E-state index contributed by atoms with van der Waals surface area (Å²) in [6.07, 6.45) is 6.03. The zero-order valence-electron chi connectivity index (χ0n) is 18.6. The first-order chi connectivity index (χ1) is 16.2. The Kier molecular flexibility index (Phi) is 3.94. The van der Waals surface area contributed by atoms with Crippen molar-refractivity contribution in [3.8, 4) is 23.2 Å². The van der Waals surface area contributed by atoms with Crippen LogP contribution in [0, 0.1) is 5.92 Å². The molecule has 168 valence electrons. The molecule has 8 nitrogen and oxygen atoms in total. The lowest BCUT2D eigenvalue weighted by atomic mass is 9.53. The zero-order valence-corrected chi connectivity index (χ0v) is 18.6. The van der Waals surface area contributed by atoms with Crippen molar-refractivity contribution in [3.05, 3.63) is 65.7 Å². The molecular weight excluding hydrogens is 418 g/mol. The average molecular weight is 444 g/mol. The summed E-state index contributed by atoms with van der Waals surface area (Å²) in [5, 5.41) is 12.2. The molecule has 2 aliphatic carbocycles. The van der Waals surface area contributed by atoms with Gasteiger partial charge in [0.1, 0.15) is 6.10 Å². The van der Waals surface area contributed by atoms with Gasteiger partial charge in [-0.1, -0.05) is 35.4 Å². The molecule has 7 rings (SSSR count). The van der Waals surface area contributed by atoms with E-state index >= 15 is 0 Å². The highest BCUT2D eigenvalue weighted by atomic mass is 16.6. The van der Waals surface area contributed by atoms with Crippen LogP contribution < -0.4 is 14.2 Å². The number of ether oxygens (including phenoxy) is 3. The minimum atomic E-state index is -0.318. The number of likely N-dealkylation sites (tertiary alicyclic amines) is 1. The van der Waals surface area contributed by atoms with E-state index in [-0.39, 0.29) is 17.6 Å². The van der Waals surface area contributed by atoms with Crippen LogP contribution in [-0.4, -0.2) is 64.1 Å². The summed E-state index contributed by atoms with van der Waals surface area (Å²) >= 11 is 0. The summed E-state index contributed by atoms with van der Waals surface area (Å²) in [5.74, 6) is 2.04. The number of tetrazole rings is 1. The molecule has 0 unspecified atom stereocenters. The maximum atomic E-state index is 6.75. The van der Waals surface area contributed by atoms with E-state index in [2.05, 4.69) is 45.7 Å². The molecule has 0 saturated carbocycles. The first-order valence-corrected chi connectivity index (χ1v) is 11.5. The summed E-state index contributed by atoms with van der Waals surface area (Å²) in [6, 6.07) is 14.8. The van der Waals surface area contributed by atoms with Crippen LogP contribution in [0.25, 0.3) is 5.69 Å². The Morgan fingerprint density at radius 3 is 2.85 bits per heavy atom. The molecule has 5 atom stereocenters. The van der Waals surface area contributed by atoms with Crippen molar-refractivity contribution >= 4 is 0 Å². The summed E-state index contributed by atoms with van der Waals surface area (Å²) < 4.78 is 20.6. The fourth-order valence-electron chi connectivity index (χ4n) is 6.58. The molecule has 2 bridgehead atoms. The van der Waals surface area contributed by atoms with Crippen molar-refractivity contribution in [1.82, 2.24) is 25.1 Å². The highest BCUT2D eigenvalue weighted by molar-refractivity contribution is 5.62. The first-order valence-electron chi connectivity index (χ1n) is 11.5. The van der Waals surface area contributed by atoms with Crippen LogP contribution in [0.5, 0.6) is 17.5 Å². The molecule has 0 N–H and O–H groups in total. The second-order valence-corrected chi connectivity index (χ2v) is 9.41. The molecule has 2 aliphatic heterocycles. The van der Waals surface area contributed by atoms with Gasteiger partial charge in [0.05, 0.1) is 12.8 Å². The van der Waals surface area contributed by atoms with Crippen molar-refractivity contribution in [2.45, 2.75) is 36.5 Å². The van der Waals surface area contributed by atoms with E-state index in [0.29, 0.717) is 18.0 Å². The maximum Gasteiger partial charge on any atom is 0.341 e. The van der Waals surface area contributed by atoms with Crippen LogP contribution in [-0.2, 0) is 11.8 Å². The number of aromatic nitrogens is 4. The van der Waals surface area contributed by atoms with Gasteiger partial charge in [0.15, 0.2) is 17.6 Å². The number of hydrogen-bond acceptors (Lipinski definition) is 7. The van der Waals surface area contributed by atoms with Gasteiger partial charge in [-0.05, 0) is 66.7 Å². The van der Waals surface area contributed by atoms with E-state index in [4.69, 9.17) is 14.2 Å². The van der Waals surface area contributed by atoms with Gasteiger partial charge < -0.3 is 19.1 Å². The van der Waals surface area contributed by atoms with Gasteiger partial charge in [0.2, 0.25) is 0 Å². The van der Waals surface area contributed by atoms with Crippen molar-refractivity contribution in [2.75, 3.05) is 20.7 Å². The molecule has 4 aliphatic rings. The molecule has 1 saturated heterocycles. The average Bonchev–Trinajstić information content (AvgIpc) is 3.45. The third-order valence-electron chi connectivity index (χ3n) is 8.02. The van der Waals surface area contributed by atoms with Crippen LogP contribution in [0.4, 0.5) is 0 Å². The van der Waals surface area contributed by atoms with E-state index in [0.717, 1.165) is 36.6 Å². The summed E-state index contributed by atoms with van der Waals surface area (Å²) in [7, 11) is 3.95. The van der Waals surface area contributed by atoms with E-state index in [9.17, 15) is 0 Å². The van der Waals surface area contributed by atoms with Crippen LogP contribution in [0.3, 0.4) is 0 Å². The summed E-state index contributed by atoms with van der Waals surface area (Å²) in [6.45, 7) is 1.03. The van der Waals surface area contributed by atoms with E-state index in [1.54, 1.807) is 11.8 Å². The number of rotatable bonds is 4. The first kappa shape index (κ1) is 19.1. The number of hydrogen-bond donors (Lipinski definition) is 0. The van der Waals surface area contributed by atoms with Crippen LogP contribution in [0.2, 0.25) is 0 Å². The number of benzene rings is 2. The Morgan fingerprint density at radius 1 is 1.12 bits per heavy atom. The normalized spacial score (nSPS) is 31.1.